The zero-order chi connectivity index (χ0) is 13.5. The highest BCUT2D eigenvalue weighted by Gasteiger charge is 2.10. The molecule has 0 radical (unpaired) electrons. The zero-order valence-corrected chi connectivity index (χ0v) is 11.5. The van der Waals surface area contributed by atoms with Crippen molar-refractivity contribution in [3.63, 3.8) is 0 Å². The molecule has 100 valence electrons. The molecule has 18 heavy (non-hydrogen) atoms. The van der Waals surface area contributed by atoms with Gasteiger partial charge < -0.3 is 5.32 Å². The number of rotatable bonds is 7. The summed E-state index contributed by atoms with van der Waals surface area (Å²) in [7, 11) is 0. The van der Waals surface area contributed by atoms with Crippen LogP contribution in [0.5, 0.6) is 0 Å². The second-order valence-corrected chi connectivity index (χ2v) is 4.71. The van der Waals surface area contributed by atoms with Gasteiger partial charge in [-0.15, -0.1) is 0 Å². The number of nitrogens with zero attached hydrogens (tertiary/aromatic N) is 1. The number of non-ortho nitro benzene ring substituents is 1. The molecular weight excluding hydrogens is 252 g/mol. The van der Waals surface area contributed by atoms with Crippen LogP contribution < -0.4 is 5.32 Å². The van der Waals surface area contributed by atoms with E-state index in [0.29, 0.717) is 17.6 Å². The molecule has 0 bridgehead atoms. The van der Waals surface area contributed by atoms with Crippen molar-refractivity contribution in [2.75, 3.05) is 0 Å². The number of nitrogens with one attached hydrogen (secondary N) is 1. The number of nitro benzene ring substituents is 1. The molecular formula is C13H19ClN2O2. The lowest BCUT2D eigenvalue weighted by Crippen LogP contribution is -2.27. The SMILES string of the molecule is CCCC(CC)NCc1ccc([N+](=O)[O-])cc1Cl. The zero-order valence-electron chi connectivity index (χ0n) is 10.8. The van der Waals surface area contributed by atoms with Crippen molar-refractivity contribution in [2.24, 2.45) is 0 Å². The van der Waals surface area contributed by atoms with E-state index in [9.17, 15) is 10.1 Å². The van der Waals surface area contributed by atoms with E-state index in [1.165, 1.54) is 12.1 Å². The van der Waals surface area contributed by atoms with Gasteiger partial charge in [0.2, 0.25) is 0 Å². The van der Waals surface area contributed by atoms with Gasteiger partial charge in [0.05, 0.1) is 9.95 Å². The van der Waals surface area contributed by atoms with Crippen molar-refractivity contribution >= 4 is 17.3 Å². The molecule has 0 aliphatic carbocycles. The van der Waals surface area contributed by atoms with Gasteiger partial charge in [-0.2, -0.15) is 0 Å². The van der Waals surface area contributed by atoms with Gasteiger partial charge in [-0.25, -0.2) is 0 Å². The third-order valence-electron chi connectivity index (χ3n) is 2.96. The Morgan fingerprint density at radius 1 is 1.44 bits per heavy atom. The summed E-state index contributed by atoms with van der Waals surface area (Å²) < 4.78 is 0. The topological polar surface area (TPSA) is 55.2 Å². The molecule has 0 aliphatic rings. The molecule has 0 fully saturated rings. The smallest absolute Gasteiger partial charge is 0.270 e. The Labute approximate surface area is 112 Å². The Morgan fingerprint density at radius 3 is 2.67 bits per heavy atom. The van der Waals surface area contributed by atoms with Crippen LogP contribution in [0.3, 0.4) is 0 Å². The fraction of sp³-hybridized carbons (Fsp3) is 0.538. The normalized spacial score (nSPS) is 12.4. The molecule has 4 nitrogen and oxygen atoms in total. The largest absolute Gasteiger partial charge is 0.310 e. The Kier molecular flexibility index (Phi) is 6.09. The standard InChI is InChI=1S/C13H19ClN2O2/c1-3-5-11(4-2)15-9-10-6-7-12(16(17)18)8-13(10)14/h6-8,11,15H,3-5,9H2,1-2H3. The van der Waals surface area contributed by atoms with Gasteiger partial charge in [0.25, 0.3) is 5.69 Å². The van der Waals surface area contributed by atoms with E-state index in [1.807, 2.05) is 0 Å². The first-order valence-corrected chi connectivity index (χ1v) is 6.62. The van der Waals surface area contributed by atoms with Crippen molar-refractivity contribution < 1.29 is 4.92 Å². The molecule has 1 unspecified atom stereocenters. The number of hydrogen-bond acceptors (Lipinski definition) is 3. The molecule has 0 amide bonds. The van der Waals surface area contributed by atoms with Crippen LogP contribution >= 0.6 is 11.6 Å². The molecule has 1 N–H and O–H groups in total. The minimum atomic E-state index is -0.435. The lowest BCUT2D eigenvalue weighted by molar-refractivity contribution is -0.384. The molecule has 1 aromatic rings. The fourth-order valence-electron chi connectivity index (χ4n) is 1.85. The van der Waals surface area contributed by atoms with Crippen molar-refractivity contribution in [1.29, 1.82) is 0 Å². The summed E-state index contributed by atoms with van der Waals surface area (Å²) >= 11 is 6.03. The van der Waals surface area contributed by atoms with E-state index in [2.05, 4.69) is 19.2 Å². The monoisotopic (exact) mass is 270 g/mol. The maximum atomic E-state index is 10.6. The van der Waals surface area contributed by atoms with Crippen LogP contribution in [0.25, 0.3) is 0 Å². The van der Waals surface area contributed by atoms with Gasteiger partial charge in [-0.05, 0) is 24.5 Å². The number of benzene rings is 1. The van der Waals surface area contributed by atoms with Gasteiger partial charge in [0.1, 0.15) is 0 Å². The highest BCUT2D eigenvalue weighted by molar-refractivity contribution is 6.31. The van der Waals surface area contributed by atoms with Crippen molar-refractivity contribution in [3.05, 3.63) is 38.9 Å². The summed E-state index contributed by atoms with van der Waals surface area (Å²) in [4.78, 5) is 10.2. The lowest BCUT2D eigenvalue weighted by atomic mass is 10.1. The van der Waals surface area contributed by atoms with Crippen molar-refractivity contribution in [1.82, 2.24) is 5.32 Å². The molecule has 0 spiro atoms. The molecule has 0 saturated heterocycles. The summed E-state index contributed by atoms with van der Waals surface area (Å²) in [5.41, 5.74) is 0.932. The predicted molar refractivity (Wildman–Crippen MR) is 73.9 cm³/mol. The highest BCUT2D eigenvalue weighted by Crippen LogP contribution is 2.22. The molecule has 0 aliphatic heterocycles. The van der Waals surface area contributed by atoms with Crippen LogP contribution in [0, 0.1) is 10.1 Å². The third-order valence-corrected chi connectivity index (χ3v) is 3.31. The number of nitro groups is 1. The maximum absolute atomic E-state index is 10.6. The van der Waals surface area contributed by atoms with E-state index >= 15 is 0 Å². The van der Waals surface area contributed by atoms with E-state index in [-0.39, 0.29) is 5.69 Å². The Morgan fingerprint density at radius 2 is 2.17 bits per heavy atom. The van der Waals surface area contributed by atoms with Crippen LogP contribution in [0.15, 0.2) is 18.2 Å². The maximum Gasteiger partial charge on any atom is 0.270 e. The van der Waals surface area contributed by atoms with Gasteiger partial charge in [0, 0.05) is 24.7 Å². The summed E-state index contributed by atoms with van der Waals surface area (Å²) in [6.07, 6.45) is 3.33. The van der Waals surface area contributed by atoms with Crippen molar-refractivity contribution in [2.45, 2.75) is 45.7 Å². The molecule has 0 aromatic heterocycles. The second kappa shape index (κ2) is 7.34. The molecule has 1 aromatic carbocycles. The highest BCUT2D eigenvalue weighted by atomic mass is 35.5. The molecule has 1 atom stereocenters. The van der Waals surface area contributed by atoms with Crippen LogP contribution in [-0.2, 0) is 6.54 Å². The second-order valence-electron chi connectivity index (χ2n) is 4.31. The van der Waals surface area contributed by atoms with Gasteiger partial charge in [-0.1, -0.05) is 31.9 Å². The minimum absolute atomic E-state index is 0.0318. The summed E-state index contributed by atoms with van der Waals surface area (Å²) in [5.74, 6) is 0. The van der Waals surface area contributed by atoms with Crippen LogP contribution in [-0.4, -0.2) is 11.0 Å². The van der Waals surface area contributed by atoms with Crippen LogP contribution in [0.4, 0.5) is 5.69 Å². The quantitative estimate of drug-likeness (QED) is 0.603. The molecule has 0 saturated carbocycles. The average molecular weight is 271 g/mol. The van der Waals surface area contributed by atoms with E-state index < -0.39 is 4.92 Å². The third kappa shape index (κ3) is 4.27. The van der Waals surface area contributed by atoms with Gasteiger partial charge >= 0.3 is 0 Å². The molecule has 1 rings (SSSR count). The van der Waals surface area contributed by atoms with Crippen LogP contribution in [0.1, 0.15) is 38.7 Å². The van der Waals surface area contributed by atoms with E-state index in [1.54, 1.807) is 6.07 Å². The first-order valence-electron chi connectivity index (χ1n) is 6.24. The van der Waals surface area contributed by atoms with Crippen molar-refractivity contribution in [3.8, 4) is 0 Å². The Hall–Kier alpha value is -1.13. The van der Waals surface area contributed by atoms with Gasteiger partial charge in [-0.3, -0.25) is 10.1 Å². The molecule has 0 heterocycles. The lowest BCUT2D eigenvalue weighted by Gasteiger charge is -2.16. The fourth-order valence-corrected chi connectivity index (χ4v) is 2.09. The van der Waals surface area contributed by atoms with E-state index in [0.717, 1.165) is 24.8 Å². The minimum Gasteiger partial charge on any atom is -0.310 e. The molecule has 5 heteroatoms. The van der Waals surface area contributed by atoms with Gasteiger partial charge in [0.15, 0.2) is 0 Å². The number of hydrogen-bond donors (Lipinski definition) is 1. The Balaban J connectivity index is 2.65. The summed E-state index contributed by atoms with van der Waals surface area (Å²) in [5, 5.41) is 14.5. The summed E-state index contributed by atoms with van der Waals surface area (Å²) in [6, 6.07) is 5.08. The van der Waals surface area contributed by atoms with Crippen LogP contribution in [0.2, 0.25) is 5.02 Å². The predicted octanol–water partition coefficient (Wildman–Crippen LogP) is 3.92. The Bertz CT molecular complexity index is 410. The first kappa shape index (κ1) is 14.9. The summed E-state index contributed by atoms with van der Waals surface area (Å²) in [6.45, 7) is 4.95. The number of halogens is 1. The first-order chi connectivity index (χ1) is 8.58. The average Bonchev–Trinajstić information content (AvgIpc) is 2.35. The van der Waals surface area contributed by atoms with E-state index in [4.69, 9.17) is 11.6 Å².